The van der Waals surface area contributed by atoms with Gasteiger partial charge in [0.2, 0.25) is 0 Å². The van der Waals surface area contributed by atoms with E-state index in [4.69, 9.17) is 32.5 Å². The molecule has 4 aromatic carbocycles. The minimum atomic E-state index is -2.29. The first-order valence-corrected chi connectivity index (χ1v) is 38.0. The Morgan fingerprint density at radius 1 is 0.559 bits per heavy atom. The van der Waals surface area contributed by atoms with E-state index in [9.17, 15) is 19.5 Å². The number of nitrogens with one attached hydrogen (secondary N) is 2. The van der Waals surface area contributed by atoms with Gasteiger partial charge in [-0.1, -0.05) is 152 Å². The van der Waals surface area contributed by atoms with E-state index in [0.29, 0.717) is 59.5 Å². The fourth-order valence-corrected chi connectivity index (χ4v) is 16.1. The first-order valence-electron chi connectivity index (χ1n) is 32.2. The van der Waals surface area contributed by atoms with E-state index in [1.54, 1.807) is 70.3 Å². The summed E-state index contributed by atoms with van der Waals surface area (Å²) in [6.07, 6.45) is 5.29. The van der Waals surface area contributed by atoms with Crippen LogP contribution in [0.5, 0.6) is 0 Å². The van der Waals surface area contributed by atoms with Gasteiger partial charge in [0.15, 0.2) is 69.2 Å². The Labute approximate surface area is 546 Å². The summed E-state index contributed by atoms with van der Waals surface area (Å²) < 4.78 is 51.8. The molecule has 0 radical (unpaired) electrons. The number of hydrogen-bond acceptors (Lipinski definition) is 17. The van der Waals surface area contributed by atoms with Crippen LogP contribution in [0.25, 0.3) is 22.3 Å². The molecule has 12 rings (SSSR count). The monoisotopic (exact) mass is 1300 g/mol. The van der Waals surface area contributed by atoms with E-state index in [1.165, 1.54) is 19.6 Å². The highest BCUT2D eigenvalue weighted by molar-refractivity contribution is 6.74. The van der Waals surface area contributed by atoms with Gasteiger partial charge in [-0.3, -0.25) is 23.5 Å². The maximum Gasteiger partial charge on any atom is 0.303 e. The third kappa shape index (κ3) is 13.0. The van der Waals surface area contributed by atoms with E-state index >= 15 is 0 Å². The molecule has 2 amide bonds. The summed E-state index contributed by atoms with van der Waals surface area (Å²) in [6, 6.07) is 37.7. The predicted octanol–water partition coefficient (Wildman–Crippen LogP) is 13.1. The molecular weight excluding hydrogens is 1210 g/mol. The molecule has 2 unspecified atom stereocenters. The van der Waals surface area contributed by atoms with Gasteiger partial charge in [0.25, 0.3) is 11.8 Å². The normalized spacial score (nSPS) is 24.1. The zero-order valence-electron chi connectivity index (χ0n) is 55.6. The zero-order valence-corrected chi connectivity index (χ0v) is 57.6. The van der Waals surface area contributed by atoms with Gasteiger partial charge in [-0.25, -0.2) is 29.9 Å². The van der Waals surface area contributed by atoms with Crippen molar-refractivity contribution in [1.82, 2.24) is 39.0 Å². The van der Waals surface area contributed by atoms with Crippen LogP contribution in [0.3, 0.4) is 0 Å². The van der Waals surface area contributed by atoms with Crippen molar-refractivity contribution in [1.29, 1.82) is 0 Å². The molecule has 21 nitrogen and oxygen atoms in total. The predicted molar refractivity (Wildman–Crippen MR) is 358 cm³/mol. The fourth-order valence-electron chi connectivity index (χ4n) is 12.8. The summed E-state index contributed by atoms with van der Waals surface area (Å²) >= 11 is 0. The summed E-state index contributed by atoms with van der Waals surface area (Å²) in [7, 11) is -4.51. The number of amides is 2. The largest absolute Gasteiger partial charge is 0.455 e. The maximum absolute atomic E-state index is 13.0. The molecule has 4 aromatic heterocycles. The molecule has 2 saturated heterocycles. The van der Waals surface area contributed by atoms with Crippen molar-refractivity contribution in [3.05, 3.63) is 169 Å². The molecular formula is C70H88N10O11Si2. The Morgan fingerprint density at radius 3 is 1.32 bits per heavy atom. The topological polar surface area (TPSA) is 247 Å². The number of hydrogen-bond donors (Lipinski definition) is 3. The lowest BCUT2D eigenvalue weighted by Crippen LogP contribution is -2.60. The highest BCUT2D eigenvalue weighted by Gasteiger charge is 2.74. The number of anilines is 2. The molecule has 2 aliphatic heterocycles. The average molecular weight is 1300 g/mol. The Hall–Kier alpha value is -7.46. The lowest BCUT2D eigenvalue weighted by Gasteiger charge is -2.47. The molecule has 0 bridgehead atoms. The summed E-state index contributed by atoms with van der Waals surface area (Å²) in [5.41, 5.74) is 1.48. The number of esters is 1. The number of ether oxygens (including phenoxy) is 5. The standard InChI is InChI=1S/C36H45N5O6Si.C34H43N5O5Si/c1-8-36(35(19-20-35)47-48(6,7)34(3,4)5)29(44-21-25-15-11-9-12-16-25)28(45-24(2)42)33(46-36)41-23-39-27-30(37-22-38-31(27)41)40-32(43)26-17-13-10-14-18-26;1-7-34(33(18-19-33)44-45(5,6)32(2,3)4)27(42-20-23-14-10-8-11-15-23)26(40)31(43-34)39-22-37-25-28(35-21-36-29(25)39)38-30(41)24-16-12-9-13-17-24/h9-18,22-23,28-29,33H,8,19-21H2,1-7H3,(H,37,38,40,43);8-17,21-22,26-27,31,40H,7,18-20H2,1-6H3,(H,35,36,38,41)/t28?,29-,33-,36-;26?,27-,31-,34-/m11/s1. The number of fused-ring (bicyclic) bond motifs is 2. The van der Waals surface area contributed by atoms with Crippen LogP contribution in [0, 0.1) is 0 Å². The molecule has 3 N–H and O–H groups in total. The number of nitrogens with zero attached hydrogens (tertiary/aromatic N) is 8. The summed E-state index contributed by atoms with van der Waals surface area (Å²) in [5, 5.41) is 17.8. The smallest absolute Gasteiger partial charge is 0.303 e. The summed E-state index contributed by atoms with van der Waals surface area (Å²) in [6.45, 7) is 28.5. The van der Waals surface area contributed by atoms with Crippen LogP contribution in [-0.2, 0) is 50.5 Å². The molecule has 4 aliphatic rings. The second-order valence-electron chi connectivity index (χ2n) is 27.9. The van der Waals surface area contributed by atoms with Gasteiger partial charge < -0.3 is 48.3 Å². The average Bonchev–Trinajstić information content (AvgIpc) is 1.67. The van der Waals surface area contributed by atoms with E-state index in [-0.39, 0.29) is 33.5 Å². The third-order valence-electron chi connectivity index (χ3n) is 19.9. The van der Waals surface area contributed by atoms with Crippen molar-refractivity contribution < 1.29 is 52.0 Å². The highest BCUT2D eigenvalue weighted by atomic mass is 28.4. The summed E-state index contributed by atoms with van der Waals surface area (Å²) in [4.78, 5) is 65.6. The lowest BCUT2D eigenvalue weighted by molar-refractivity contribution is -0.184. The number of aliphatic hydroxyl groups excluding tert-OH is 1. The molecule has 2 saturated carbocycles. The van der Waals surface area contributed by atoms with E-state index in [1.807, 2.05) is 72.8 Å². The first kappa shape index (κ1) is 67.0. The second kappa shape index (κ2) is 26.0. The maximum atomic E-state index is 13.0. The van der Waals surface area contributed by atoms with Crippen molar-refractivity contribution in [2.24, 2.45) is 0 Å². The molecule has 0 spiro atoms. The van der Waals surface area contributed by atoms with Crippen LogP contribution in [-0.4, -0.2) is 125 Å². The van der Waals surface area contributed by atoms with Crippen LogP contribution in [0.2, 0.25) is 36.3 Å². The Morgan fingerprint density at radius 2 is 0.935 bits per heavy atom. The van der Waals surface area contributed by atoms with E-state index in [0.717, 1.165) is 36.8 Å². The SMILES string of the molecule is CC[C@@]1(C2(O[Si](C)(C)C(C)(C)C)CC2)O[C@@H](n2cnc3c(NC(=O)c4ccccc4)ncnc32)C(O)[C@H]1OCc1ccccc1.CC[C@@]1(C2(O[Si](C)(C)C(C)(C)C)CC2)O[C@@H](n2cnc3c(NC(=O)c4ccccc4)ncnc32)C(OC(C)=O)[C@H]1OCc1ccccc1. The van der Waals surface area contributed by atoms with Gasteiger partial charge in [0.05, 0.1) is 37.1 Å². The molecule has 4 fully saturated rings. The minimum absolute atomic E-state index is 0.00735. The number of rotatable bonds is 21. The Balaban J connectivity index is 0.000000191. The van der Waals surface area contributed by atoms with E-state index < -0.39 is 81.9 Å². The van der Waals surface area contributed by atoms with Gasteiger partial charge in [0, 0.05) is 18.1 Å². The van der Waals surface area contributed by atoms with Gasteiger partial charge >= 0.3 is 5.97 Å². The number of carbonyl (C=O) groups is 3. The van der Waals surface area contributed by atoms with Crippen molar-refractivity contribution in [2.45, 2.75) is 210 Å². The van der Waals surface area contributed by atoms with Crippen LogP contribution < -0.4 is 10.6 Å². The van der Waals surface area contributed by atoms with Crippen molar-refractivity contribution in [3.63, 3.8) is 0 Å². The molecule has 8 atom stereocenters. The minimum Gasteiger partial charge on any atom is -0.455 e. The van der Waals surface area contributed by atoms with Gasteiger partial charge in [0.1, 0.15) is 42.2 Å². The van der Waals surface area contributed by atoms with Gasteiger partial charge in [-0.15, -0.1) is 0 Å². The van der Waals surface area contributed by atoms with Crippen LogP contribution in [0.4, 0.5) is 11.6 Å². The van der Waals surface area contributed by atoms with Crippen molar-refractivity contribution in [2.75, 3.05) is 10.6 Å². The first-order chi connectivity index (χ1) is 44.2. The van der Waals surface area contributed by atoms with Crippen molar-refractivity contribution >= 4 is 68.4 Å². The number of aromatic nitrogens is 8. The fraction of sp³-hybridized carbons (Fsp3) is 0.471. The number of aliphatic hydroxyl groups is 1. The molecule has 93 heavy (non-hydrogen) atoms. The van der Waals surface area contributed by atoms with Crippen LogP contribution in [0.1, 0.15) is 145 Å². The van der Waals surface area contributed by atoms with E-state index in [2.05, 4.69) is 122 Å². The van der Waals surface area contributed by atoms with Crippen LogP contribution in [0.15, 0.2) is 147 Å². The van der Waals surface area contributed by atoms with Crippen molar-refractivity contribution in [3.8, 4) is 0 Å². The molecule has 8 aromatic rings. The molecule has 2 aliphatic carbocycles. The van der Waals surface area contributed by atoms with Gasteiger partial charge in [-0.2, -0.15) is 0 Å². The molecule has 492 valence electrons. The number of benzene rings is 4. The number of carbonyl (C=O) groups excluding carboxylic acids is 3. The number of imidazole rings is 2. The lowest BCUT2D eigenvalue weighted by atomic mass is 9.84. The highest BCUT2D eigenvalue weighted by Crippen LogP contribution is 2.63. The quantitative estimate of drug-likeness (QED) is 0.0447. The summed E-state index contributed by atoms with van der Waals surface area (Å²) in [5.74, 6) is -0.552. The molecule has 23 heteroatoms. The second-order valence-corrected chi connectivity index (χ2v) is 37.4. The third-order valence-corrected chi connectivity index (χ3v) is 29.0. The van der Waals surface area contributed by atoms with Crippen LogP contribution >= 0.6 is 0 Å². The zero-order chi connectivity index (χ0) is 66.4. The Kier molecular flexibility index (Phi) is 18.8. The van der Waals surface area contributed by atoms with Gasteiger partial charge in [-0.05, 0) is 110 Å². The molecule has 6 heterocycles. The Bertz CT molecular complexity index is 3930.